The second-order valence-corrected chi connectivity index (χ2v) is 7.81. The van der Waals surface area contributed by atoms with Gasteiger partial charge in [0.05, 0.1) is 45.7 Å². The lowest BCUT2D eigenvalue weighted by molar-refractivity contribution is -0.115. The number of nitrogens with zero attached hydrogens (tertiary/aromatic N) is 3. The number of hydrogen-bond acceptors (Lipinski definition) is 7. The SMILES string of the molecule is CCOc1ccc(NC(=O)CNC(=O)c2cnc3c(cnn3Cc3ccc(OC)cc3OC)c2)cc1. The molecule has 2 N–H and O–H groups in total. The van der Waals surface area contributed by atoms with Gasteiger partial charge in [-0.3, -0.25) is 9.59 Å². The average molecular weight is 490 g/mol. The maximum atomic E-state index is 12.6. The van der Waals surface area contributed by atoms with Crippen molar-refractivity contribution in [1.82, 2.24) is 20.1 Å². The lowest BCUT2D eigenvalue weighted by atomic mass is 10.2. The summed E-state index contributed by atoms with van der Waals surface area (Å²) in [5, 5.41) is 10.5. The molecule has 2 amide bonds. The van der Waals surface area contributed by atoms with E-state index in [1.54, 1.807) is 55.4 Å². The van der Waals surface area contributed by atoms with Crippen molar-refractivity contribution < 1.29 is 23.8 Å². The molecule has 0 fully saturated rings. The molecule has 4 rings (SSSR count). The minimum atomic E-state index is -0.407. The molecule has 0 unspecified atom stereocenters. The number of rotatable bonds is 10. The predicted octanol–water partition coefficient (Wildman–Crippen LogP) is 3.26. The zero-order valence-corrected chi connectivity index (χ0v) is 20.3. The van der Waals surface area contributed by atoms with Crippen LogP contribution in [0.25, 0.3) is 11.0 Å². The van der Waals surface area contributed by atoms with Crippen molar-refractivity contribution in [2.24, 2.45) is 0 Å². The first kappa shape index (κ1) is 24.5. The minimum Gasteiger partial charge on any atom is -0.497 e. The molecule has 0 spiro atoms. The molecule has 186 valence electrons. The number of anilines is 1. The Balaban J connectivity index is 1.38. The summed E-state index contributed by atoms with van der Waals surface area (Å²) in [7, 11) is 3.20. The maximum absolute atomic E-state index is 12.6. The molecule has 10 heteroatoms. The van der Waals surface area contributed by atoms with Crippen LogP contribution in [0, 0.1) is 0 Å². The van der Waals surface area contributed by atoms with Crippen LogP contribution in [0.3, 0.4) is 0 Å². The van der Waals surface area contributed by atoms with Crippen LogP contribution in [0.5, 0.6) is 17.2 Å². The summed E-state index contributed by atoms with van der Waals surface area (Å²) in [5.41, 5.74) is 2.47. The molecular weight excluding hydrogens is 462 g/mol. The Bertz CT molecular complexity index is 1370. The van der Waals surface area contributed by atoms with E-state index >= 15 is 0 Å². The van der Waals surface area contributed by atoms with E-state index in [4.69, 9.17) is 14.2 Å². The molecule has 36 heavy (non-hydrogen) atoms. The van der Waals surface area contributed by atoms with Crippen molar-refractivity contribution in [3.05, 3.63) is 72.1 Å². The summed E-state index contributed by atoms with van der Waals surface area (Å²) >= 11 is 0. The van der Waals surface area contributed by atoms with Crippen molar-refractivity contribution in [2.45, 2.75) is 13.5 Å². The molecule has 0 saturated heterocycles. The quantitative estimate of drug-likeness (QED) is 0.351. The highest BCUT2D eigenvalue weighted by Gasteiger charge is 2.14. The fraction of sp³-hybridized carbons (Fsp3) is 0.231. The fourth-order valence-corrected chi connectivity index (χ4v) is 3.62. The van der Waals surface area contributed by atoms with E-state index in [0.29, 0.717) is 46.9 Å². The summed E-state index contributed by atoms with van der Waals surface area (Å²) in [6.45, 7) is 2.72. The van der Waals surface area contributed by atoms with Gasteiger partial charge in [0.1, 0.15) is 17.2 Å². The Morgan fingerprint density at radius 3 is 2.47 bits per heavy atom. The van der Waals surface area contributed by atoms with Gasteiger partial charge in [-0.25, -0.2) is 9.67 Å². The number of carbonyl (C=O) groups excluding carboxylic acids is 2. The van der Waals surface area contributed by atoms with Gasteiger partial charge in [-0.1, -0.05) is 0 Å². The number of hydrogen-bond donors (Lipinski definition) is 2. The van der Waals surface area contributed by atoms with Gasteiger partial charge in [-0.05, 0) is 49.4 Å². The minimum absolute atomic E-state index is 0.180. The molecule has 0 radical (unpaired) electrons. The van der Waals surface area contributed by atoms with Gasteiger partial charge in [-0.2, -0.15) is 5.10 Å². The molecule has 0 aliphatic rings. The van der Waals surface area contributed by atoms with Crippen LogP contribution in [0.15, 0.2) is 60.9 Å². The van der Waals surface area contributed by atoms with Crippen LogP contribution in [0.2, 0.25) is 0 Å². The number of fused-ring (bicyclic) bond motifs is 1. The Morgan fingerprint density at radius 2 is 1.75 bits per heavy atom. The van der Waals surface area contributed by atoms with Gasteiger partial charge in [0.25, 0.3) is 5.91 Å². The van der Waals surface area contributed by atoms with Crippen LogP contribution in [0.4, 0.5) is 5.69 Å². The highest BCUT2D eigenvalue weighted by atomic mass is 16.5. The molecule has 4 aromatic rings. The lowest BCUT2D eigenvalue weighted by Crippen LogP contribution is -2.32. The molecule has 0 atom stereocenters. The Labute approximate surface area is 208 Å². The van der Waals surface area contributed by atoms with E-state index in [1.165, 1.54) is 6.20 Å². The Kier molecular flexibility index (Phi) is 7.64. The number of ether oxygens (including phenoxy) is 3. The van der Waals surface area contributed by atoms with Crippen molar-refractivity contribution in [1.29, 1.82) is 0 Å². The molecule has 2 heterocycles. The number of methoxy groups -OCH3 is 2. The molecular formula is C26H27N5O5. The fourth-order valence-electron chi connectivity index (χ4n) is 3.62. The van der Waals surface area contributed by atoms with Gasteiger partial charge in [0, 0.05) is 28.9 Å². The van der Waals surface area contributed by atoms with Crippen LogP contribution in [-0.2, 0) is 11.3 Å². The topological polar surface area (TPSA) is 117 Å². The maximum Gasteiger partial charge on any atom is 0.253 e. The zero-order chi connectivity index (χ0) is 25.5. The monoisotopic (exact) mass is 489 g/mol. The van der Waals surface area contributed by atoms with Crippen LogP contribution in [0.1, 0.15) is 22.8 Å². The largest absolute Gasteiger partial charge is 0.497 e. The lowest BCUT2D eigenvalue weighted by Gasteiger charge is -2.11. The molecule has 0 bridgehead atoms. The van der Waals surface area contributed by atoms with E-state index in [0.717, 1.165) is 11.3 Å². The smallest absolute Gasteiger partial charge is 0.253 e. The molecule has 2 aromatic heterocycles. The van der Waals surface area contributed by atoms with Crippen molar-refractivity contribution >= 4 is 28.5 Å². The number of nitrogens with one attached hydrogen (secondary N) is 2. The van der Waals surface area contributed by atoms with Crippen LogP contribution < -0.4 is 24.8 Å². The van der Waals surface area contributed by atoms with E-state index in [-0.39, 0.29) is 12.5 Å². The normalized spacial score (nSPS) is 10.6. The Morgan fingerprint density at radius 1 is 0.972 bits per heavy atom. The second-order valence-electron chi connectivity index (χ2n) is 7.81. The van der Waals surface area contributed by atoms with Crippen LogP contribution in [-0.4, -0.2) is 54.0 Å². The van der Waals surface area contributed by atoms with Crippen molar-refractivity contribution in [2.75, 3.05) is 32.7 Å². The summed E-state index contributed by atoms with van der Waals surface area (Å²) in [6.07, 6.45) is 3.11. The van der Waals surface area contributed by atoms with E-state index < -0.39 is 5.91 Å². The predicted molar refractivity (Wildman–Crippen MR) is 135 cm³/mol. The van der Waals surface area contributed by atoms with Crippen molar-refractivity contribution in [3.63, 3.8) is 0 Å². The van der Waals surface area contributed by atoms with E-state index in [2.05, 4.69) is 20.7 Å². The summed E-state index contributed by atoms with van der Waals surface area (Å²) in [6, 6.07) is 14.3. The summed E-state index contributed by atoms with van der Waals surface area (Å²) < 4.78 is 17.8. The number of pyridine rings is 1. The van der Waals surface area contributed by atoms with Gasteiger partial charge in [-0.15, -0.1) is 0 Å². The second kappa shape index (κ2) is 11.2. The molecule has 10 nitrogen and oxygen atoms in total. The first-order valence-corrected chi connectivity index (χ1v) is 11.3. The highest BCUT2D eigenvalue weighted by molar-refractivity contribution is 6.00. The van der Waals surface area contributed by atoms with Gasteiger partial charge >= 0.3 is 0 Å². The molecule has 0 aliphatic heterocycles. The number of benzene rings is 2. The third-order valence-corrected chi connectivity index (χ3v) is 5.41. The number of carbonyl (C=O) groups is 2. The number of aromatic nitrogens is 3. The van der Waals surface area contributed by atoms with Gasteiger partial charge in [0.2, 0.25) is 5.91 Å². The number of amides is 2. The first-order valence-electron chi connectivity index (χ1n) is 11.3. The highest BCUT2D eigenvalue weighted by Crippen LogP contribution is 2.26. The van der Waals surface area contributed by atoms with Gasteiger partial charge in [0.15, 0.2) is 5.65 Å². The van der Waals surface area contributed by atoms with E-state index in [1.807, 2.05) is 25.1 Å². The first-order chi connectivity index (χ1) is 17.5. The Hall–Kier alpha value is -4.60. The third-order valence-electron chi connectivity index (χ3n) is 5.41. The van der Waals surface area contributed by atoms with Gasteiger partial charge < -0.3 is 24.8 Å². The van der Waals surface area contributed by atoms with Crippen LogP contribution >= 0.6 is 0 Å². The zero-order valence-electron chi connectivity index (χ0n) is 20.3. The third kappa shape index (κ3) is 5.72. The van der Waals surface area contributed by atoms with E-state index in [9.17, 15) is 9.59 Å². The molecule has 2 aromatic carbocycles. The average Bonchev–Trinajstić information content (AvgIpc) is 3.30. The summed E-state index contributed by atoms with van der Waals surface area (Å²) in [5.74, 6) is 1.34. The molecule has 0 aliphatic carbocycles. The summed E-state index contributed by atoms with van der Waals surface area (Å²) in [4.78, 5) is 29.3. The molecule has 0 saturated carbocycles. The van der Waals surface area contributed by atoms with Crippen molar-refractivity contribution in [3.8, 4) is 17.2 Å². The standard InChI is InChI=1S/C26H27N5O5/c1-4-36-21-9-6-20(7-10-21)30-24(32)15-28-26(33)19-11-18-14-29-31(25(18)27-13-19)16-17-5-8-22(34-2)12-23(17)35-3/h5-14H,4,15-16H2,1-3H3,(H,28,33)(H,30,32).